The van der Waals surface area contributed by atoms with Crippen LogP contribution in [-0.2, 0) is 5.41 Å². The molecule has 0 aliphatic heterocycles. The molecule has 2 nitrogen and oxygen atoms in total. The van der Waals surface area contributed by atoms with E-state index in [4.69, 9.17) is 11.5 Å². The summed E-state index contributed by atoms with van der Waals surface area (Å²) in [6, 6.07) is 4.42. The predicted molar refractivity (Wildman–Crippen MR) is 69.5 cm³/mol. The third kappa shape index (κ3) is 1.71. The number of anilines is 1. The third-order valence-electron chi connectivity index (χ3n) is 4.27. The van der Waals surface area contributed by atoms with Crippen LogP contribution < -0.4 is 11.5 Å². The summed E-state index contributed by atoms with van der Waals surface area (Å²) in [5.74, 6) is 0. The topological polar surface area (TPSA) is 52.0 Å². The van der Waals surface area contributed by atoms with Crippen LogP contribution in [0.1, 0.15) is 42.4 Å². The van der Waals surface area contributed by atoms with Gasteiger partial charge in [-0.2, -0.15) is 0 Å². The number of nitrogens with two attached hydrogens (primary N) is 2. The lowest BCUT2D eigenvalue weighted by Crippen LogP contribution is -2.32. The Morgan fingerprint density at radius 3 is 2.31 bits per heavy atom. The van der Waals surface area contributed by atoms with Crippen LogP contribution in [0.5, 0.6) is 0 Å². The molecule has 1 aliphatic rings. The predicted octanol–water partition coefficient (Wildman–Crippen LogP) is 2.66. The van der Waals surface area contributed by atoms with Gasteiger partial charge in [0.25, 0.3) is 0 Å². The molecule has 0 saturated heterocycles. The largest absolute Gasteiger partial charge is 0.398 e. The first-order chi connectivity index (χ1) is 7.59. The fourth-order valence-electron chi connectivity index (χ4n) is 2.86. The summed E-state index contributed by atoms with van der Waals surface area (Å²) in [7, 11) is 0. The molecule has 16 heavy (non-hydrogen) atoms. The lowest BCUT2D eigenvalue weighted by atomic mass is 9.78. The molecule has 0 aromatic heterocycles. The molecule has 0 radical (unpaired) electrons. The third-order valence-corrected chi connectivity index (χ3v) is 4.27. The van der Waals surface area contributed by atoms with Crippen molar-refractivity contribution in [1.29, 1.82) is 0 Å². The van der Waals surface area contributed by atoms with Crippen LogP contribution in [0.4, 0.5) is 5.69 Å². The number of benzene rings is 1. The highest BCUT2D eigenvalue weighted by Gasteiger charge is 2.34. The van der Waals surface area contributed by atoms with Gasteiger partial charge in [0.05, 0.1) is 0 Å². The van der Waals surface area contributed by atoms with E-state index >= 15 is 0 Å². The van der Waals surface area contributed by atoms with Gasteiger partial charge in [0, 0.05) is 17.6 Å². The average molecular weight is 218 g/mol. The van der Waals surface area contributed by atoms with E-state index in [1.165, 1.54) is 42.4 Å². The van der Waals surface area contributed by atoms with Gasteiger partial charge in [0.1, 0.15) is 0 Å². The van der Waals surface area contributed by atoms with Crippen molar-refractivity contribution < 1.29 is 0 Å². The average Bonchev–Trinajstić information content (AvgIpc) is 2.75. The van der Waals surface area contributed by atoms with Gasteiger partial charge in [0.2, 0.25) is 0 Å². The molecule has 1 saturated carbocycles. The number of nitrogen functional groups attached to an aromatic ring is 1. The molecule has 0 spiro atoms. The summed E-state index contributed by atoms with van der Waals surface area (Å²) in [6.45, 7) is 4.96. The van der Waals surface area contributed by atoms with Gasteiger partial charge >= 0.3 is 0 Å². The van der Waals surface area contributed by atoms with E-state index in [9.17, 15) is 0 Å². The number of hydrogen-bond acceptors (Lipinski definition) is 2. The van der Waals surface area contributed by atoms with Crippen molar-refractivity contribution in [2.24, 2.45) is 5.73 Å². The van der Waals surface area contributed by atoms with E-state index in [1.807, 2.05) is 0 Å². The molecule has 1 aromatic rings. The van der Waals surface area contributed by atoms with Crippen molar-refractivity contribution in [3.8, 4) is 0 Å². The highest BCUT2D eigenvalue weighted by molar-refractivity contribution is 5.54. The maximum absolute atomic E-state index is 6.06. The summed E-state index contributed by atoms with van der Waals surface area (Å²) in [5.41, 5.74) is 17.0. The summed E-state index contributed by atoms with van der Waals surface area (Å²) >= 11 is 0. The van der Waals surface area contributed by atoms with Crippen LogP contribution >= 0.6 is 0 Å². The Morgan fingerprint density at radius 2 is 1.81 bits per heavy atom. The molecule has 2 heteroatoms. The standard InChI is InChI=1S/C14H22N2/c1-10-7-12(8-13(16)11(10)2)14(9-15)5-3-4-6-14/h7-8H,3-6,9,15-16H2,1-2H3. The summed E-state index contributed by atoms with van der Waals surface area (Å²) < 4.78 is 0. The van der Waals surface area contributed by atoms with Gasteiger partial charge in [-0.1, -0.05) is 18.9 Å². The van der Waals surface area contributed by atoms with Gasteiger partial charge < -0.3 is 11.5 Å². The zero-order valence-electron chi connectivity index (χ0n) is 10.3. The van der Waals surface area contributed by atoms with Crippen molar-refractivity contribution in [2.45, 2.75) is 44.9 Å². The molecule has 1 fully saturated rings. The number of hydrogen-bond donors (Lipinski definition) is 2. The van der Waals surface area contributed by atoms with Crippen LogP contribution in [0.3, 0.4) is 0 Å². The molecule has 88 valence electrons. The van der Waals surface area contributed by atoms with Gasteiger partial charge in [-0.15, -0.1) is 0 Å². The van der Waals surface area contributed by atoms with Gasteiger partial charge in [-0.3, -0.25) is 0 Å². The Kier molecular flexibility index (Phi) is 2.94. The zero-order chi connectivity index (χ0) is 11.8. The Morgan fingerprint density at radius 1 is 1.19 bits per heavy atom. The van der Waals surface area contributed by atoms with E-state index in [1.54, 1.807) is 0 Å². The molecule has 1 aromatic carbocycles. The van der Waals surface area contributed by atoms with E-state index in [0.717, 1.165) is 12.2 Å². The van der Waals surface area contributed by atoms with Gasteiger partial charge in [-0.25, -0.2) is 0 Å². The lowest BCUT2D eigenvalue weighted by Gasteiger charge is -2.29. The minimum absolute atomic E-state index is 0.201. The van der Waals surface area contributed by atoms with Gasteiger partial charge in [-0.05, 0) is 49.4 Å². The molecular weight excluding hydrogens is 196 g/mol. The quantitative estimate of drug-likeness (QED) is 0.750. The molecule has 0 heterocycles. The summed E-state index contributed by atoms with van der Waals surface area (Å²) in [6.07, 6.45) is 5.02. The van der Waals surface area contributed by atoms with Crippen molar-refractivity contribution in [2.75, 3.05) is 12.3 Å². The fourth-order valence-corrected chi connectivity index (χ4v) is 2.86. The normalized spacial score (nSPS) is 18.9. The van der Waals surface area contributed by atoms with Crippen LogP contribution in [0.15, 0.2) is 12.1 Å². The van der Waals surface area contributed by atoms with Crippen molar-refractivity contribution in [3.63, 3.8) is 0 Å². The maximum Gasteiger partial charge on any atom is 0.0349 e. The summed E-state index contributed by atoms with van der Waals surface area (Å²) in [5, 5.41) is 0. The first-order valence-corrected chi connectivity index (χ1v) is 6.16. The lowest BCUT2D eigenvalue weighted by molar-refractivity contribution is 0.453. The van der Waals surface area contributed by atoms with E-state index in [0.29, 0.717) is 0 Å². The molecule has 0 amide bonds. The van der Waals surface area contributed by atoms with E-state index in [-0.39, 0.29) is 5.41 Å². The highest BCUT2D eigenvalue weighted by atomic mass is 14.6. The van der Waals surface area contributed by atoms with Crippen LogP contribution in [0, 0.1) is 13.8 Å². The van der Waals surface area contributed by atoms with Crippen molar-refractivity contribution in [3.05, 3.63) is 28.8 Å². The highest BCUT2D eigenvalue weighted by Crippen LogP contribution is 2.41. The molecule has 4 N–H and O–H groups in total. The van der Waals surface area contributed by atoms with Crippen LogP contribution in [-0.4, -0.2) is 6.54 Å². The SMILES string of the molecule is Cc1cc(C2(CN)CCCC2)cc(N)c1C. The molecule has 0 bridgehead atoms. The summed E-state index contributed by atoms with van der Waals surface area (Å²) in [4.78, 5) is 0. The zero-order valence-corrected chi connectivity index (χ0v) is 10.3. The number of rotatable bonds is 2. The fraction of sp³-hybridized carbons (Fsp3) is 0.571. The van der Waals surface area contributed by atoms with Crippen molar-refractivity contribution >= 4 is 5.69 Å². The monoisotopic (exact) mass is 218 g/mol. The second-order valence-electron chi connectivity index (χ2n) is 5.20. The Hall–Kier alpha value is -1.02. The van der Waals surface area contributed by atoms with Crippen molar-refractivity contribution in [1.82, 2.24) is 0 Å². The molecule has 2 rings (SSSR count). The first kappa shape index (κ1) is 11.5. The van der Waals surface area contributed by atoms with Crippen LogP contribution in [0.2, 0.25) is 0 Å². The first-order valence-electron chi connectivity index (χ1n) is 6.16. The Bertz CT molecular complexity index is 367. The molecular formula is C14H22N2. The second kappa shape index (κ2) is 4.10. The van der Waals surface area contributed by atoms with E-state index < -0.39 is 0 Å². The maximum atomic E-state index is 6.06. The van der Waals surface area contributed by atoms with E-state index in [2.05, 4.69) is 26.0 Å². The smallest absolute Gasteiger partial charge is 0.0349 e. The Balaban J connectivity index is 2.47. The van der Waals surface area contributed by atoms with Gasteiger partial charge in [0.15, 0.2) is 0 Å². The molecule has 1 aliphatic carbocycles. The molecule has 0 atom stereocenters. The number of aryl methyl sites for hydroxylation is 1. The molecule has 0 unspecified atom stereocenters. The second-order valence-corrected chi connectivity index (χ2v) is 5.20. The Labute approximate surface area is 98.0 Å². The minimum Gasteiger partial charge on any atom is -0.398 e. The van der Waals surface area contributed by atoms with Crippen LogP contribution in [0.25, 0.3) is 0 Å². The minimum atomic E-state index is 0.201.